The molecule has 3 aliphatic heterocycles. The van der Waals surface area contributed by atoms with E-state index in [0.717, 1.165) is 11.4 Å². The second kappa shape index (κ2) is 34.3. The van der Waals surface area contributed by atoms with Gasteiger partial charge in [0.05, 0.1) is 78.6 Å². The van der Waals surface area contributed by atoms with E-state index in [1.54, 1.807) is 0 Å². The molecular formula is C137H102N6. The third-order valence-electron chi connectivity index (χ3n) is 30.7. The van der Waals surface area contributed by atoms with Gasteiger partial charge >= 0.3 is 0 Å². The summed E-state index contributed by atoms with van der Waals surface area (Å²) in [7, 11) is 0. The second-order valence-corrected chi connectivity index (χ2v) is 39.9. The van der Waals surface area contributed by atoms with Crippen LogP contribution in [0.5, 0.6) is 0 Å². The summed E-state index contributed by atoms with van der Waals surface area (Å²) in [4.78, 5) is 7.33. The Hall–Kier alpha value is -17.8. The van der Waals surface area contributed by atoms with Gasteiger partial charge in [-0.15, -0.1) is 0 Å². The van der Waals surface area contributed by atoms with Crippen molar-refractivity contribution in [2.45, 2.75) is 57.8 Å². The highest BCUT2D eigenvalue weighted by Crippen LogP contribution is 2.58. The third-order valence-corrected chi connectivity index (χ3v) is 30.7. The number of anilines is 9. The van der Waals surface area contributed by atoms with Crippen LogP contribution in [0.15, 0.2) is 510 Å². The molecule has 0 atom stereocenters. The van der Waals surface area contributed by atoms with Crippen LogP contribution in [0, 0.1) is 0 Å². The van der Waals surface area contributed by atoms with Crippen molar-refractivity contribution in [3.05, 3.63) is 543 Å². The van der Waals surface area contributed by atoms with E-state index in [0.29, 0.717) is 0 Å². The molecule has 0 radical (unpaired) electrons. The van der Waals surface area contributed by atoms with E-state index >= 15 is 0 Å². The summed E-state index contributed by atoms with van der Waals surface area (Å²) >= 11 is 0. The van der Waals surface area contributed by atoms with Gasteiger partial charge in [-0.2, -0.15) is 0 Å². The Morgan fingerprint density at radius 2 is 0.378 bits per heavy atom. The molecule has 22 aromatic carbocycles. The number of para-hydroxylation sites is 8. The lowest BCUT2D eigenvalue weighted by molar-refractivity contribution is 0.632. The third kappa shape index (κ3) is 14.3. The van der Waals surface area contributed by atoms with Gasteiger partial charge in [0.1, 0.15) is 0 Å². The van der Waals surface area contributed by atoms with Crippen LogP contribution in [0.3, 0.4) is 0 Å². The maximum atomic E-state index is 2.48. The van der Waals surface area contributed by atoms with Crippen molar-refractivity contribution < 1.29 is 0 Å². The van der Waals surface area contributed by atoms with Crippen molar-refractivity contribution in [3.63, 3.8) is 0 Å². The number of hydrogen-bond acceptors (Lipinski definition) is 3. The van der Waals surface area contributed by atoms with Gasteiger partial charge in [0.15, 0.2) is 0 Å². The first-order valence-electron chi connectivity index (χ1n) is 49.8. The molecule has 28 rings (SSSR count). The summed E-state index contributed by atoms with van der Waals surface area (Å²) in [6.07, 6.45) is 0. The van der Waals surface area contributed by atoms with Crippen LogP contribution < -0.4 is 14.7 Å². The topological polar surface area (TPSA) is 24.5 Å². The number of nitrogens with zero attached hydrogens (tertiary/aromatic N) is 6. The number of rotatable bonds is 11. The molecular weight excluding hydrogens is 1730 g/mol. The summed E-state index contributed by atoms with van der Waals surface area (Å²) < 4.78 is 7.21. The Labute approximate surface area is 834 Å². The highest BCUT2D eigenvalue weighted by Gasteiger charge is 2.41. The smallest absolute Gasteiger partial charge is 0.0541 e. The Kier molecular flexibility index (Phi) is 20.6. The van der Waals surface area contributed by atoms with Crippen molar-refractivity contribution >= 4 is 138 Å². The SMILES string of the molecule is CC1(C)c2ccccc2N(c2ccc(-c3ccccc3)cc2)c2ccc(-c3ccc4c(c3)c3ccccc3n4-c3ccc(-c4ccccc4)cc3)cc21.CC1(C)c2ccccc2N(c2cccc3ccccc23)c2ccc(-c3ccc4c(c3)c3ccccc3n4-c3cccc4ccccc34)cc21.CC1(C)c2ccccc2N(c2ccccc2)c2ccc(-c3ccc4c(c3)c3ccccc3n4-c3ccccc3)cc21. The molecule has 0 fully saturated rings. The zero-order chi connectivity index (χ0) is 95.8. The van der Waals surface area contributed by atoms with Crippen molar-refractivity contribution in [1.82, 2.24) is 13.7 Å². The van der Waals surface area contributed by atoms with E-state index in [1.165, 1.54) is 233 Å². The Balaban J connectivity index is 0.000000111. The van der Waals surface area contributed by atoms with Gasteiger partial charge < -0.3 is 28.4 Å². The molecule has 3 aliphatic rings. The normalized spacial score (nSPS) is 13.5. The molecule has 0 N–H and O–H groups in total. The van der Waals surface area contributed by atoms with Crippen LogP contribution in [-0.2, 0) is 16.2 Å². The van der Waals surface area contributed by atoms with Gasteiger partial charge in [-0.25, -0.2) is 0 Å². The van der Waals surface area contributed by atoms with Gasteiger partial charge in [-0.05, 0) is 270 Å². The fraction of sp³-hybridized carbons (Fsp3) is 0.0657. The van der Waals surface area contributed by atoms with E-state index in [9.17, 15) is 0 Å². The summed E-state index contributed by atoms with van der Waals surface area (Å²) in [5, 5.41) is 12.6. The maximum absolute atomic E-state index is 2.48. The van der Waals surface area contributed by atoms with Crippen LogP contribution >= 0.6 is 0 Å². The van der Waals surface area contributed by atoms with Gasteiger partial charge in [-0.1, -0.05) is 381 Å². The molecule has 143 heavy (non-hydrogen) atoms. The molecule has 6 heterocycles. The zero-order valence-electron chi connectivity index (χ0n) is 80.7. The predicted octanol–water partition coefficient (Wildman–Crippen LogP) is 37.3. The van der Waals surface area contributed by atoms with E-state index in [4.69, 9.17) is 0 Å². The predicted molar refractivity (Wildman–Crippen MR) is 605 cm³/mol. The lowest BCUT2D eigenvalue weighted by Crippen LogP contribution is -2.30. The minimum absolute atomic E-state index is 0.138. The van der Waals surface area contributed by atoms with Gasteiger partial charge in [0.2, 0.25) is 0 Å². The average molecular weight is 1830 g/mol. The first kappa shape index (κ1) is 85.6. The number of hydrogen-bond donors (Lipinski definition) is 0. The molecule has 0 saturated heterocycles. The van der Waals surface area contributed by atoms with Crippen LogP contribution in [0.1, 0.15) is 74.9 Å². The molecule has 0 unspecified atom stereocenters. The summed E-state index contributed by atoms with van der Waals surface area (Å²) in [6.45, 7) is 14.2. The molecule has 25 aromatic rings. The number of benzene rings is 22. The Bertz CT molecular complexity index is 9290. The average Bonchev–Trinajstić information content (AvgIpc) is 1.25. The van der Waals surface area contributed by atoms with Crippen LogP contribution in [0.25, 0.3) is 160 Å². The Morgan fingerprint density at radius 3 is 0.797 bits per heavy atom. The quantitative estimate of drug-likeness (QED) is 0.129. The van der Waals surface area contributed by atoms with Crippen molar-refractivity contribution in [1.29, 1.82) is 0 Å². The fourth-order valence-corrected chi connectivity index (χ4v) is 23.6. The first-order chi connectivity index (χ1) is 70.2. The zero-order valence-corrected chi connectivity index (χ0v) is 80.7. The minimum atomic E-state index is -0.186. The molecule has 6 nitrogen and oxygen atoms in total. The van der Waals surface area contributed by atoms with Crippen molar-refractivity contribution in [2.75, 3.05) is 14.7 Å². The van der Waals surface area contributed by atoms with Crippen LogP contribution in [-0.4, -0.2) is 13.7 Å². The summed E-state index contributed by atoms with van der Waals surface area (Å²) in [6, 6.07) is 186. The van der Waals surface area contributed by atoms with Crippen molar-refractivity contribution in [3.8, 4) is 72.7 Å². The molecule has 0 saturated carbocycles. The monoisotopic (exact) mass is 1830 g/mol. The number of aromatic nitrogens is 3. The minimum Gasteiger partial charge on any atom is -0.310 e. The summed E-state index contributed by atoms with van der Waals surface area (Å²) in [5.74, 6) is 0. The molecule has 0 bridgehead atoms. The van der Waals surface area contributed by atoms with E-state index in [-0.39, 0.29) is 16.2 Å². The first-order valence-corrected chi connectivity index (χ1v) is 49.8. The van der Waals surface area contributed by atoms with Crippen LogP contribution in [0.2, 0.25) is 0 Å². The molecule has 0 amide bonds. The Morgan fingerprint density at radius 1 is 0.133 bits per heavy atom. The molecule has 680 valence electrons. The van der Waals surface area contributed by atoms with E-state index in [1.807, 2.05) is 0 Å². The van der Waals surface area contributed by atoms with Gasteiger partial charge in [0.25, 0.3) is 0 Å². The highest BCUT2D eigenvalue weighted by molar-refractivity contribution is 6.15. The standard InChI is InChI=1S/C51H38N2.C47H34N2.C39H30N2/c1-51(2)45-18-10-12-20-49(45)53(42-29-23-38(24-30-42)36-15-7-4-8-16-36)50-32-26-40(34-46(50)51)39-25-31-48-44(33-39)43-17-9-11-19-47(43)52(48)41-27-21-37(22-28-41)35-13-5-3-6-14-35;1-47(2)39-20-8-10-22-45(39)49(42-24-12-16-32-14-4-6-18-36(32)42)46-28-26-34(30-40(46)47)33-25-27-44-38(29-33)37-19-7-9-21-43(37)48(44)41-23-11-15-31-13-3-5-17-35(31)41;1-39(2)33-18-10-12-20-37(33)41(30-15-7-4-8-16-30)38-24-22-28(26-34(38)39)27-21-23-36-32(25-27)31-17-9-11-19-35(31)40(36)29-13-5-3-6-14-29/h3-34H,1-2H3;3-30H,1-2H3;3-26H,1-2H3. The highest BCUT2D eigenvalue weighted by atomic mass is 15.2. The lowest BCUT2D eigenvalue weighted by atomic mass is 9.72. The summed E-state index contributed by atoms with van der Waals surface area (Å²) in [5.41, 5.74) is 41.6. The second-order valence-electron chi connectivity index (χ2n) is 39.9. The fourth-order valence-electron chi connectivity index (χ4n) is 23.6. The maximum Gasteiger partial charge on any atom is 0.0541 e. The number of fused-ring (bicyclic) bond motifs is 17. The lowest BCUT2D eigenvalue weighted by Gasteiger charge is -2.42. The van der Waals surface area contributed by atoms with E-state index < -0.39 is 0 Å². The molecule has 6 heteroatoms. The van der Waals surface area contributed by atoms with Gasteiger partial charge in [-0.3, -0.25) is 0 Å². The van der Waals surface area contributed by atoms with Crippen LogP contribution in [0.4, 0.5) is 51.2 Å². The molecule has 0 spiro atoms. The van der Waals surface area contributed by atoms with Crippen molar-refractivity contribution in [2.24, 2.45) is 0 Å². The largest absolute Gasteiger partial charge is 0.310 e. The van der Waals surface area contributed by atoms with E-state index in [2.05, 4.69) is 580 Å². The molecule has 3 aromatic heterocycles. The molecule has 0 aliphatic carbocycles. The van der Waals surface area contributed by atoms with Gasteiger partial charge in [0, 0.05) is 82.1 Å².